The van der Waals surface area contributed by atoms with E-state index in [9.17, 15) is 22.0 Å². The lowest BCUT2D eigenvalue weighted by molar-refractivity contribution is 0.0772. The highest BCUT2D eigenvalue weighted by Crippen LogP contribution is 2.50. The van der Waals surface area contributed by atoms with Crippen LogP contribution in [0, 0.1) is 24.5 Å². The van der Waals surface area contributed by atoms with Crippen LogP contribution in [-0.4, -0.2) is 54.2 Å². The highest BCUT2D eigenvalue weighted by Gasteiger charge is 2.58. The maximum Gasteiger partial charge on any atom is 0.254 e. The van der Waals surface area contributed by atoms with Crippen molar-refractivity contribution in [3.63, 3.8) is 0 Å². The Morgan fingerprint density at radius 3 is 2.77 bits per heavy atom. The summed E-state index contributed by atoms with van der Waals surface area (Å²) in [7, 11) is -3.39. The van der Waals surface area contributed by atoms with Crippen molar-refractivity contribution in [3.05, 3.63) is 47.1 Å². The van der Waals surface area contributed by atoms with Gasteiger partial charge in [-0.1, -0.05) is 5.16 Å². The van der Waals surface area contributed by atoms with E-state index in [4.69, 9.17) is 4.52 Å². The molecular weight excluding hydrogens is 418 g/mol. The van der Waals surface area contributed by atoms with Crippen molar-refractivity contribution >= 4 is 15.9 Å². The lowest BCUT2D eigenvalue weighted by atomic mass is 9.80. The molecule has 2 aromatic rings. The monoisotopic (exact) mass is 440 g/mol. The number of aromatic nitrogens is 2. The Kier molecular flexibility index (Phi) is 5.13. The maximum absolute atomic E-state index is 13.6. The van der Waals surface area contributed by atoms with Crippen LogP contribution < -0.4 is 4.72 Å². The van der Waals surface area contributed by atoms with Gasteiger partial charge in [0.2, 0.25) is 15.9 Å². The smallest absolute Gasteiger partial charge is 0.254 e. The second-order valence-electron chi connectivity index (χ2n) is 7.97. The minimum atomic E-state index is -3.39. The number of nitrogens with zero attached hydrogens (tertiary/aromatic N) is 3. The number of aryl methyl sites for hydroxylation is 1. The molecule has 162 valence electrons. The zero-order valence-corrected chi connectivity index (χ0v) is 17.4. The van der Waals surface area contributed by atoms with Crippen molar-refractivity contribution in [1.29, 1.82) is 0 Å². The van der Waals surface area contributed by atoms with Gasteiger partial charge in [-0.25, -0.2) is 21.9 Å². The van der Waals surface area contributed by atoms with E-state index in [0.717, 1.165) is 12.1 Å². The number of halogens is 2. The molecule has 0 unspecified atom stereocenters. The molecular formula is C19H22F2N4O4S. The van der Waals surface area contributed by atoms with Crippen molar-refractivity contribution in [2.24, 2.45) is 5.92 Å². The van der Waals surface area contributed by atoms with Crippen LogP contribution in [0.3, 0.4) is 0 Å². The van der Waals surface area contributed by atoms with Gasteiger partial charge in [-0.3, -0.25) is 4.79 Å². The molecule has 1 aromatic heterocycles. The van der Waals surface area contributed by atoms with Gasteiger partial charge >= 0.3 is 0 Å². The van der Waals surface area contributed by atoms with Crippen molar-refractivity contribution < 1.29 is 26.5 Å². The van der Waals surface area contributed by atoms with Crippen molar-refractivity contribution in [3.8, 4) is 0 Å². The molecule has 1 aliphatic heterocycles. The normalized spacial score (nSPS) is 26.2. The molecule has 0 bridgehead atoms. The molecule has 1 saturated heterocycles. The zero-order valence-electron chi connectivity index (χ0n) is 16.6. The second kappa shape index (κ2) is 7.38. The van der Waals surface area contributed by atoms with Crippen molar-refractivity contribution in [2.75, 3.05) is 18.8 Å². The summed E-state index contributed by atoms with van der Waals surface area (Å²) in [6.45, 7) is 3.80. The number of benzene rings is 1. The first kappa shape index (κ1) is 20.9. The number of sulfonamides is 1. The Hall–Kier alpha value is -2.40. The summed E-state index contributed by atoms with van der Waals surface area (Å²) in [6, 6.07) is 2.74. The predicted octanol–water partition coefficient (Wildman–Crippen LogP) is 1.77. The SMILES string of the molecule is CCS(=O)(=O)N[C@@H]1C[C@H]2CN(C(=O)c3ccc(F)c(F)c3)C[C@@]2(c2nc(C)no2)C1. The van der Waals surface area contributed by atoms with Crippen LogP contribution in [-0.2, 0) is 15.4 Å². The highest BCUT2D eigenvalue weighted by atomic mass is 32.2. The van der Waals surface area contributed by atoms with E-state index in [1.54, 1.807) is 18.7 Å². The number of carbonyl (C=O) groups excluding carboxylic acids is 1. The molecule has 4 rings (SSSR count). The predicted molar refractivity (Wildman–Crippen MR) is 102 cm³/mol. The van der Waals surface area contributed by atoms with E-state index in [0.29, 0.717) is 31.1 Å². The molecule has 30 heavy (non-hydrogen) atoms. The summed E-state index contributed by atoms with van der Waals surface area (Å²) in [4.78, 5) is 18.9. The Morgan fingerprint density at radius 1 is 1.37 bits per heavy atom. The van der Waals surface area contributed by atoms with Crippen LogP contribution in [0.2, 0.25) is 0 Å². The van der Waals surface area contributed by atoms with E-state index in [-0.39, 0.29) is 29.8 Å². The number of amides is 1. The lowest BCUT2D eigenvalue weighted by Gasteiger charge is -2.25. The largest absolute Gasteiger partial charge is 0.339 e. The van der Waals surface area contributed by atoms with Crippen LogP contribution in [0.1, 0.15) is 41.8 Å². The molecule has 1 aromatic carbocycles. The van der Waals surface area contributed by atoms with Gasteiger partial charge in [-0.2, -0.15) is 4.98 Å². The lowest BCUT2D eigenvalue weighted by Crippen LogP contribution is -2.40. The Balaban J connectivity index is 1.62. The minimum absolute atomic E-state index is 0.0262. The molecule has 2 aliphatic rings. The minimum Gasteiger partial charge on any atom is -0.339 e. The van der Waals surface area contributed by atoms with E-state index in [1.807, 2.05) is 0 Å². The summed E-state index contributed by atoms with van der Waals surface area (Å²) >= 11 is 0. The molecule has 2 heterocycles. The number of carbonyl (C=O) groups is 1. The third-order valence-electron chi connectivity index (χ3n) is 6.01. The van der Waals surface area contributed by atoms with Crippen molar-refractivity contribution in [1.82, 2.24) is 19.8 Å². The number of likely N-dealkylation sites (tertiary alicyclic amines) is 1. The molecule has 11 heteroatoms. The average molecular weight is 440 g/mol. The van der Waals surface area contributed by atoms with E-state index < -0.39 is 33.0 Å². The number of fused-ring (bicyclic) bond motifs is 1. The van der Waals surface area contributed by atoms with Gasteiger partial charge in [0, 0.05) is 24.7 Å². The maximum atomic E-state index is 13.6. The molecule has 1 amide bonds. The molecule has 0 radical (unpaired) electrons. The van der Waals surface area contributed by atoms with Gasteiger partial charge in [-0.15, -0.1) is 0 Å². The molecule has 1 N–H and O–H groups in total. The quantitative estimate of drug-likeness (QED) is 0.760. The third-order valence-corrected chi connectivity index (χ3v) is 7.46. The first-order valence-electron chi connectivity index (χ1n) is 9.68. The first-order chi connectivity index (χ1) is 14.1. The average Bonchev–Trinajstić information content (AvgIpc) is 3.35. The van der Waals surface area contributed by atoms with Gasteiger partial charge in [0.25, 0.3) is 5.91 Å². The third kappa shape index (κ3) is 3.60. The molecule has 1 saturated carbocycles. The fraction of sp³-hybridized carbons (Fsp3) is 0.526. The Labute approximate surface area is 172 Å². The van der Waals surface area contributed by atoms with E-state index in [1.165, 1.54) is 6.07 Å². The van der Waals surface area contributed by atoms with Gasteiger partial charge in [0.05, 0.1) is 11.2 Å². The van der Waals surface area contributed by atoms with Crippen LogP contribution in [0.15, 0.2) is 22.7 Å². The van der Waals surface area contributed by atoms with Crippen LogP contribution >= 0.6 is 0 Å². The highest BCUT2D eigenvalue weighted by molar-refractivity contribution is 7.89. The fourth-order valence-corrected chi connectivity index (χ4v) is 5.45. The van der Waals surface area contributed by atoms with Gasteiger partial charge < -0.3 is 9.42 Å². The number of hydrogen-bond acceptors (Lipinski definition) is 6. The molecule has 8 nitrogen and oxygen atoms in total. The van der Waals surface area contributed by atoms with Gasteiger partial charge in [0.15, 0.2) is 17.5 Å². The fourth-order valence-electron chi connectivity index (χ4n) is 4.60. The van der Waals surface area contributed by atoms with Crippen molar-refractivity contribution in [2.45, 2.75) is 38.1 Å². The van der Waals surface area contributed by atoms with Gasteiger partial charge in [-0.05, 0) is 50.8 Å². The topological polar surface area (TPSA) is 105 Å². The van der Waals surface area contributed by atoms with Crippen LogP contribution in [0.5, 0.6) is 0 Å². The standard InChI is InChI=1S/C19H22F2N4O4S/c1-3-30(27,28)24-14-7-13-9-25(17(26)12-4-5-15(20)16(21)6-12)10-19(13,8-14)18-22-11(2)23-29-18/h4-6,13-14,24H,3,7-10H2,1-2H3/t13-,14+,19-/m0/s1. The van der Waals surface area contributed by atoms with Crippen LogP contribution in [0.25, 0.3) is 0 Å². The first-order valence-corrected chi connectivity index (χ1v) is 11.3. The van der Waals surface area contributed by atoms with Crippen LogP contribution in [0.4, 0.5) is 8.78 Å². The number of hydrogen-bond donors (Lipinski definition) is 1. The van der Waals surface area contributed by atoms with Gasteiger partial charge in [0.1, 0.15) is 0 Å². The molecule has 2 fully saturated rings. The summed E-state index contributed by atoms with van der Waals surface area (Å²) in [5, 5.41) is 3.86. The summed E-state index contributed by atoms with van der Waals surface area (Å²) in [6.07, 6.45) is 0.905. The molecule has 3 atom stereocenters. The summed E-state index contributed by atoms with van der Waals surface area (Å²) in [5.74, 6) is -1.86. The number of nitrogens with one attached hydrogen (secondary N) is 1. The number of rotatable bonds is 5. The Morgan fingerprint density at radius 2 is 2.13 bits per heavy atom. The zero-order chi connectivity index (χ0) is 21.7. The Bertz CT molecular complexity index is 1090. The summed E-state index contributed by atoms with van der Waals surface area (Å²) in [5.41, 5.74) is -0.648. The second-order valence-corrected chi connectivity index (χ2v) is 10.0. The summed E-state index contributed by atoms with van der Waals surface area (Å²) < 4.78 is 59.1. The molecule has 0 spiro atoms. The van der Waals surface area contributed by atoms with E-state index >= 15 is 0 Å². The molecule has 1 aliphatic carbocycles. The van der Waals surface area contributed by atoms with E-state index in [2.05, 4.69) is 14.9 Å².